The van der Waals surface area contributed by atoms with Crippen molar-refractivity contribution in [3.05, 3.63) is 176 Å². The summed E-state index contributed by atoms with van der Waals surface area (Å²) in [6, 6.07) is 28.3. The summed E-state index contributed by atoms with van der Waals surface area (Å²) in [7, 11) is 0.426. The molecular weight excluding hydrogens is 1080 g/mol. The first-order valence-electron chi connectivity index (χ1n) is 28.3. The predicted octanol–water partition coefficient (Wildman–Crippen LogP) is 10.4. The number of aldehydes is 1. The molecule has 3 aromatic carbocycles. The molecule has 0 saturated heterocycles. The van der Waals surface area contributed by atoms with Gasteiger partial charge in [0.05, 0.1) is 67.5 Å². The molecule has 4 fully saturated rings. The van der Waals surface area contributed by atoms with Crippen LogP contribution < -0.4 is 11.1 Å². The van der Waals surface area contributed by atoms with Crippen LogP contribution in [0, 0.1) is 36.7 Å². The molecule has 0 spiro atoms. The molecule has 19 nitrogen and oxygen atoms in total. The number of nitrogens with zero attached hydrogens (tertiary/aromatic N) is 14. The number of sulfone groups is 1. The molecule has 0 radical (unpaired) electrons. The number of rotatable bonds is 14. The van der Waals surface area contributed by atoms with Crippen LogP contribution in [0.15, 0.2) is 137 Å². The van der Waals surface area contributed by atoms with Crippen molar-refractivity contribution in [2.45, 2.75) is 94.5 Å². The maximum atomic E-state index is 14.2. The lowest BCUT2D eigenvalue weighted by Crippen LogP contribution is -2.24. The van der Waals surface area contributed by atoms with E-state index in [2.05, 4.69) is 36.7 Å². The van der Waals surface area contributed by atoms with E-state index in [-0.39, 0.29) is 28.3 Å². The number of fused-ring (bicyclic) bond motifs is 4. The zero-order valence-electron chi connectivity index (χ0n) is 46.7. The van der Waals surface area contributed by atoms with Gasteiger partial charge in [0.15, 0.2) is 6.29 Å². The fourth-order valence-electron chi connectivity index (χ4n) is 11.0. The topological polar surface area (TPSA) is 220 Å². The Labute approximate surface area is 482 Å². The van der Waals surface area contributed by atoms with E-state index in [1.165, 1.54) is 60.7 Å². The third-order valence-corrected chi connectivity index (χ3v) is 17.5. The zero-order chi connectivity index (χ0) is 58.0. The number of pyridine rings is 2. The Morgan fingerprint density at radius 2 is 1.14 bits per heavy atom. The second-order valence-electron chi connectivity index (χ2n) is 22.8. The van der Waals surface area contributed by atoms with Crippen molar-refractivity contribution in [1.29, 1.82) is 5.26 Å². The molecule has 8 heterocycles. The van der Waals surface area contributed by atoms with Crippen molar-refractivity contribution in [3.63, 3.8) is 0 Å². The first-order valence-corrected chi connectivity index (χ1v) is 30.0. The van der Waals surface area contributed by atoms with Crippen LogP contribution in [0.1, 0.15) is 96.1 Å². The number of hydrogen-bond donors (Lipinski definition) is 0. The average molecular weight is 1140 g/mol. The molecule has 15 rings (SSSR count). The molecule has 0 N–H and O–H groups in total. The van der Waals surface area contributed by atoms with E-state index < -0.39 is 9.84 Å². The standard InChI is InChI=1S/C28H25N7O.C27H24N6O2.C9H10NO2S/c1-33-15-21-12-22(7-9-24(21)31-33)35-28(36)25(19-6-8-23(30-13-19)18-4-5-18)27-26(32-35)20(10-11-29)16-34(27)14-17-2-3-17;1-31-13-19-10-21(7-9-23(19)29-31)33-27(35)24(18-6-8-22(28-11-18)17-4-5-17)26-25(30-33)20(15-34)14-32(26)12-16-2-3-16;1-8-3-5-9(6-4-8)13(11,12)7-10-2/h6-9,12-13,15-18H,2-5,10,14H2,1H3;6-11,13-17H,2-5,12H2,1H3;2-6H,7H2,1H3/q;;+1. The maximum absolute atomic E-state index is 14.2. The van der Waals surface area contributed by atoms with Gasteiger partial charge in [0, 0.05) is 115 Å². The number of benzene rings is 3. The number of carbonyl (C=O) groups is 1. The van der Waals surface area contributed by atoms with Gasteiger partial charge in [-0.15, -0.1) is 0 Å². The van der Waals surface area contributed by atoms with Crippen LogP contribution in [0.3, 0.4) is 0 Å². The molecule has 4 aliphatic carbocycles. The highest BCUT2D eigenvalue weighted by Gasteiger charge is 2.31. The summed E-state index contributed by atoms with van der Waals surface area (Å²) >= 11 is 0. The minimum Gasteiger partial charge on any atom is -0.345 e. The minimum atomic E-state index is -3.32. The van der Waals surface area contributed by atoms with Crippen LogP contribution in [0.5, 0.6) is 0 Å². The third-order valence-electron chi connectivity index (χ3n) is 16.1. The van der Waals surface area contributed by atoms with Gasteiger partial charge >= 0.3 is 5.88 Å². The summed E-state index contributed by atoms with van der Waals surface area (Å²) in [5, 5.41) is 29.8. The lowest BCUT2D eigenvalue weighted by Gasteiger charge is -2.13. The predicted molar refractivity (Wildman–Crippen MR) is 321 cm³/mol. The zero-order valence-corrected chi connectivity index (χ0v) is 47.5. The van der Waals surface area contributed by atoms with Crippen LogP contribution in [-0.2, 0) is 43.4 Å². The van der Waals surface area contributed by atoms with Crippen LogP contribution in [0.2, 0.25) is 0 Å². The van der Waals surface area contributed by atoms with E-state index in [0.29, 0.717) is 68.3 Å². The highest BCUT2D eigenvalue weighted by molar-refractivity contribution is 7.91. The molecule has 84 heavy (non-hydrogen) atoms. The van der Waals surface area contributed by atoms with Crippen molar-refractivity contribution >= 4 is 60.0 Å². The number of hydrogen-bond acceptors (Lipinski definition) is 12. The van der Waals surface area contributed by atoms with Crippen LogP contribution >= 0.6 is 0 Å². The van der Waals surface area contributed by atoms with Gasteiger partial charge in [0.25, 0.3) is 27.5 Å². The molecule has 420 valence electrons. The SMILES string of the molecule is C#[N+]CS(=O)(=O)c1ccc(C)cc1.Cn1cc2cc(-n3nc4c(C=O)cn(CC5CC5)c4c(-c4ccc(C5CC5)nc4)c3=O)ccc2n1.Cn1cc2cc(-n3nc4c(CC#N)cn(CC5CC5)c4c(-c4ccc(C5CC5)nc4)c3=O)ccc2n1. The summed E-state index contributed by atoms with van der Waals surface area (Å²) in [5.41, 5.74) is 12.5. The summed E-state index contributed by atoms with van der Waals surface area (Å²) in [5.74, 6) is 1.89. The van der Waals surface area contributed by atoms with E-state index in [9.17, 15) is 28.1 Å². The summed E-state index contributed by atoms with van der Waals surface area (Å²) < 4.78 is 33.3. The molecule has 20 heteroatoms. The molecule has 4 aliphatic rings. The van der Waals surface area contributed by atoms with Gasteiger partial charge in [0.1, 0.15) is 11.0 Å². The molecular formula is C64H59N14O5S+. The van der Waals surface area contributed by atoms with Gasteiger partial charge in [-0.1, -0.05) is 34.7 Å². The van der Waals surface area contributed by atoms with Crippen molar-refractivity contribution in [1.82, 2.24) is 58.2 Å². The summed E-state index contributed by atoms with van der Waals surface area (Å²) in [6.07, 6.45) is 21.8. The van der Waals surface area contributed by atoms with E-state index >= 15 is 0 Å². The second kappa shape index (κ2) is 21.6. The molecule has 0 bridgehead atoms. The Morgan fingerprint density at radius 3 is 1.60 bits per heavy atom. The number of carbonyl (C=O) groups excluding carboxylic acids is 1. The molecule has 0 aliphatic heterocycles. The first kappa shape index (κ1) is 53.6. The quantitative estimate of drug-likeness (QED) is 0.0928. The van der Waals surface area contributed by atoms with E-state index in [0.717, 1.165) is 80.3 Å². The van der Waals surface area contributed by atoms with Crippen molar-refractivity contribution in [3.8, 4) is 46.3 Å². The van der Waals surface area contributed by atoms with Gasteiger partial charge in [-0.2, -0.15) is 35.0 Å². The highest BCUT2D eigenvalue weighted by atomic mass is 32.2. The molecule has 4 saturated carbocycles. The fourth-order valence-corrected chi connectivity index (χ4v) is 11.9. The van der Waals surface area contributed by atoms with Crippen LogP contribution in [0.4, 0.5) is 0 Å². The monoisotopic (exact) mass is 1140 g/mol. The molecule has 0 amide bonds. The number of nitriles is 1. The van der Waals surface area contributed by atoms with E-state index in [1.54, 1.807) is 39.8 Å². The second-order valence-corrected chi connectivity index (χ2v) is 24.7. The lowest BCUT2D eigenvalue weighted by molar-refractivity contribution is 0.112. The Hall–Kier alpha value is -9.66. The Kier molecular flexibility index (Phi) is 13.8. The van der Waals surface area contributed by atoms with E-state index in [1.807, 2.05) is 111 Å². The van der Waals surface area contributed by atoms with Crippen molar-refractivity contribution in [2.24, 2.45) is 25.9 Å². The molecule has 0 unspecified atom stereocenters. The Bertz CT molecular complexity index is 4730. The normalized spacial score (nSPS) is 14.9. The lowest BCUT2D eigenvalue weighted by atomic mass is 10.1. The Balaban J connectivity index is 0.000000130. The summed E-state index contributed by atoms with van der Waals surface area (Å²) in [6.45, 7) is 8.32. The van der Waals surface area contributed by atoms with Gasteiger partial charge in [0.2, 0.25) is 0 Å². The van der Waals surface area contributed by atoms with Crippen LogP contribution in [-0.4, -0.2) is 78.8 Å². The fraction of sp³-hybridized carbons (Fsp3) is 0.297. The summed E-state index contributed by atoms with van der Waals surface area (Å²) in [4.78, 5) is 53.0. The van der Waals surface area contributed by atoms with Gasteiger partial charge < -0.3 is 9.13 Å². The van der Waals surface area contributed by atoms with Gasteiger partial charge in [-0.3, -0.25) is 33.7 Å². The van der Waals surface area contributed by atoms with Gasteiger partial charge in [-0.05, 0) is 131 Å². The first-order chi connectivity index (χ1) is 40.7. The molecule has 0 atom stereocenters. The third kappa shape index (κ3) is 10.7. The number of aryl methyl sites for hydroxylation is 3. The minimum absolute atomic E-state index is 0.189. The largest absolute Gasteiger partial charge is 0.364 e. The van der Waals surface area contributed by atoms with E-state index in [4.69, 9.17) is 21.8 Å². The number of aromatic nitrogens is 12. The molecule has 8 aromatic heterocycles. The maximum Gasteiger partial charge on any atom is 0.364 e. The van der Waals surface area contributed by atoms with Crippen molar-refractivity contribution < 1.29 is 13.2 Å². The van der Waals surface area contributed by atoms with Gasteiger partial charge in [-0.25, -0.2) is 8.42 Å². The van der Waals surface area contributed by atoms with Crippen molar-refractivity contribution in [2.75, 3.05) is 5.88 Å². The highest BCUT2D eigenvalue weighted by Crippen LogP contribution is 2.42. The Morgan fingerprint density at radius 1 is 0.643 bits per heavy atom. The average Bonchev–Trinajstić information content (AvgIpc) is 1.93. The molecule has 11 aromatic rings. The smallest absolute Gasteiger partial charge is 0.345 e. The van der Waals surface area contributed by atoms with Crippen LogP contribution in [0.25, 0.3) is 82.3 Å².